The average Bonchev–Trinajstić information content (AvgIpc) is 2.16. The third kappa shape index (κ3) is 2.67. The molecule has 0 amide bonds. The van der Waals surface area contributed by atoms with Crippen LogP contribution in [0.1, 0.15) is 12.5 Å². The summed E-state index contributed by atoms with van der Waals surface area (Å²) in [6.07, 6.45) is 0. The molecule has 0 heterocycles. The fraction of sp³-hybridized carbons (Fsp3) is 0.0769. The molecule has 2 aromatic rings. The molecule has 0 atom stereocenters. The van der Waals surface area contributed by atoms with E-state index in [-0.39, 0.29) is 32.7 Å². The Kier molecular flexibility index (Phi) is 4.07. The van der Waals surface area contributed by atoms with E-state index in [4.69, 9.17) is 0 Å². The monoisotopic (exact) mass is 273 g/mol. The van der Waals surface area contributed by atoms with Gasteiger partial charge in [0, 0.05) is 32.7 Å². The molecule has 15 heavy (non-hydrogen) atoms. The Hall–Kier alpha value is -0.656. The minimum Gasteiger partial charge on any atom is -0.508 e. The van der Waals surface area contributed by atoms with Crippen molar-refractivity contribution in [2.24, 2.45) is 0 Å². The molecule has 0 bridgehead atoms. The average molecular weight is 273 g/mol. The van der Waals surface area contributed by atoms with Gasteiger partial charge in [0.15, 0.2) is 0 Å². The van der Waals surface area contributed by atoms with Crippen molar-refractivity contribution in [3.8, 4) is 5.75 Å². The van der Waals surface area contributed by atoms with Gasteiger partial charge >= 0.3 is 0 Å². The summed E-state index contributed by atoms with van der Waals surface area (Å²) in [6.45, 7) is 5.89. The molecule has 73 valence electrons. The molecule has 0 saturated heterocycles. The van der Waals surface area contributed by atoms with Crippen LogP contribution in [-0.4, -0.2) is 5.11 Å². The van der Waals surface area contributed by atoms with Crippen molar-refractivity contribution in [2.75, 3.05) is 0 Å². The maximum absolute atomic E-state index is 9.29. The smallest absolute Gasteiger partial charge is 0.116 e. The van der Waals surface area contributed by atoms with E-state index >= 15 is 0 Å². The number of allylic oxidation sites excluding steroid dienone is 1. The number of aromatic hydroxyl groups is 1. The molecule has 0 saturated carbocycles. The van der Waals surface area contributed by atoms with Gasteiger partial charge < -0.3 is 5.11 Å². The van der Waals surface area contributed by atoms with E-state index in [2.05, 4.69) is 12.6 Å². The second-order valence-electron chi connectivity index (χ2n) is 3.53. The van der Waals surface area contributed by atoms with Crippen molar-refractivity contribution in [1.29, 1.82) is 0 Å². The number of phenols is 1. The van der Waals surface area contributed by atoms with Crippen LogP contribution in [-0.2, 0) is 32.7 Å². The van der Waals surface area contributed by atoms with Crippen molar-refractivity contribution in [3.05, 3.63) is 48.5 Å². The number of hydrogen-bond acceptors (Lipinski definition) is 1. The summed E-state index contributed by atoms with van der Waals surface area (Å²) in [5, 5.41) is 11.5. The van der Waals surface area contributed by atoms with E-state index in [1.54, 1.807) is 12.1 Å². The number of benzene rings is 2. The normalized spacial score (nSPS) is 9.67. The molecule has 0 aliphatic rings. The molecule has 1 radical (unpaired) electrons. The third-order valence-electron chi connectivity index (χ3n) is 2.32. The Bertz CT molecular complexity index is 503. The standard InChI is InChI=1S/C13H12O.Y/c1-9(2)10-3-4-12-8-13(14)6-5-11(12)7-10;/h3-8,14H,1H2,2H3;. The second kappa shape index (κ2) is 4.91. The quantitative estimate of drug-likeness (QED) is 0.842. The van der Waals surface area contributed by atoms with Crippen molar-refractivity contribution in [3.63, 3.8) is 0 Å². The third-order valence-corrected chi connectivity index (χ3v) is 2.32. The van der Waals surface area contributed by atoms with Crippen molar-refractivity contribution in [1.82, 2.24) is 0 Å². The first-order valence-corrected chi connectivity index (χ1v) is 4.55. The topological polar surface area (TPSA) is 20.2 Å². The summed E-state index contributed by atoms with van der Waals surface area (Å²) in [7, 11) is 0. The minimum atomic E-state index is 0. The molecule has 1 nitrogen and oxygen atoms in total. The zero-order valence-corrected chi connectivity index (χ0v) is 11.5. The fourth-order valence-electron chi connectivity index (χ4n) is 1.50. The molecular weight excluding hydrogens is 261 g/mol. The van der Waals surface area contributed by atoms with Crippen LogP contribution >= 0.6 is 0 Å². The number of hydrogen-bond donors (Lipinski definition) is 1. The summed E-state index contributed by atoms with van der Waals surface area (Å²) >= 11 is 0. The van der Waals surface area contributed by atoms with Crippen molar-refractivity contribution < 1.29 is 37.8 Å². The molecule has 2 heteroatoms. The molecular formula is C13H12OY. The van der Waals surface area contributed by atoms with Crippen LogP contribution < -0.4 is 0 Å². The van der Waals surface area contributed by atoms with Gasteiger partial charge in [-0.3, -0.25) is 0 Å². The van der Waals surface area contributed by atoms with Gasteiger partial charge in [-0.15, -0.1) is 0 Å². The van der Waals surface area contributed by atoms with Crippen LogP contribution in [0.15, 0.2) is 43.0 Å². The van der Waals surface area contributed by atoms with Crippen molar-refractivity contribution in [2.45, 2.75) is 6.92 Å². The van der Waals surface area contributed by atoms with Crippen LogP contribution in [0.5, 0.6) is 5.75 Å². The molecule has 0 unspecified atom stereocenters. The maximum Gasteiger partial charge on any atom is 0.116 e. The summed E-state index contributed by atoms with van der Waals surface area (Å²) in [5.74, 6) is 0.306. The van der Waals surface area contributed by atoms with E-state index in [9.17, 15) is 5.11 Å². The van der Waals surface area contributed by atoms with Gasteiger partial charge in [0.1, 0.15) is 5.75 Å². The molecule has 2 aromatic carbocycles. The van der Waals surface area contributed by atoms with Gasteiger partial charge in [0.05, 0.1) is 0 Å². The first-order valence-electron chi connectivity index (χ1n) is 4.55. The second-order valence-corrected chi connectivity index (χ2v) is 3.53. The maximum atomic E-state index is 9.29. The van der Waals surface area contributed by atoms with Crippen molar-refractivity contribution >= 4 is 16.3 Å². The van der Waals surface area contributed by atoms with E-state index in [0.29, 0.717) is 5.75 Å². The van der Waals surface area contributed by atoms with Gasteiger partial charge in [-0.05, 0) is 41.5 Å². The van der Waals surface area contributed by atoms with E-state index < -0.39 is 0 Å². The zero-order chi connectivity index (χ0) is 10.1. The Morgan fingerprint density at radius 2 is 1.67 bits per heavy atom. The van der Waals surface area contributed by atoms with E-state index in [1.165, 1.54) is 0 Å². The van der Waals surface area contributed by atoms with E-state index in [0.717, 1.165) is 21.9 Å². The zero-order valence-electron chi connectivity index (χ0n) is 8.70. The van der Waals surface area contributed by atoms with Crippen LogP contribution in [0.25, 0.3) is 16.3 Å². The van der Waals surface area contributed by atoms with Gasteiger partial charge in [-0.25, -0.2) is 0 Å². The summed E-state index contributed by atoms with van der Waals surface area (Å²) in [6, 6.07) is 11.5. The number of rotatable bonds is 1. The Balaban J connectivity index is 0.00000112. The predicted octanol–water partition coefficient (Wildman–Crippen LogP) is 3.58. The largest absolute Gasteiger partial charge is 0.508 e. The van der Waals surface area contributed by atoms with Gasteiger partial charge in [-0.2, -0.15) is 0 Å². The minimum absolute atomic E-state index is 0. The molecule has 2 rings (SSSR count). The Labute approximate surface area is 115 Å². The SMILES string of the molecule is C=C(C)c1ccc2cc(O)ccc2c1.[Y]. The molecule has 0 aromatic heterocycles. The Morgan fingerprint density at radius 1 is 1.07 bits per heavy atom. The Morgan fingerprint density at radius 3 is 2.33 bits per heavy atom. The summed E-state index contributed by atoms with van der Waals surface area (Å²) in [4.78, 5) is 0. The first kappa shape index (κ1) is 12.4. The van der Waals surface area contributed by atoms with Crippen LogP contribution in [0, 0.1) is 0 Å². The molecule has 0 spiro atoms. The molecule has 1 N–H and O–H groups in total. The fourth-order valence-corrected chi connectivity index (χ4v) is 1.50. The van der Waals surface area contributed by atoms with E-state index in [1.807, 2.05) is 25.1 Å². The summed E-state index contributed by atoms with van der Waals surface area (Å²) < 4.78 is 0. The molecule has 0 aliphatic heterocycles. The molecule has 0 fully saturated rings. The van der Waals surface area contributed by atoms with Gasteiger partial charge in [0.2, 0.25) is 0 Å². The molecule has 0 aliphatic carbocycles. The van der Waals surface area contributed by atoms with Crippen LogP contribution in [0.3, 0.4) is 0 Å². The number of phenolic OH excluding ortho intramolecular Hbond substituents is 1. The van der Waals surface area contributed by atoms with Gasteiger partial charge in [0.25, 0.3) is 0 Å². The first-order chi connectivity index (χ1) is 6.66. The van der Waals surface area contributed by atoms with Crippen LogP contribution in [0.4, 0.5) is 0 Å². The van der Waals surface area contributed by atoms with Gasteiger partial charge in [-0.1, -0.05) is 30.4 Å². The predicted molar refractivity (Wildman–Crippen MR) is 60.3 cm³/mol. The number of fused-ring (bicyclic) bond motifs is 1. The van der Waals surface area contributed by atoms with Crippen LogP contribution in [0.2, 0.25) is 0 Å². The summed E-state index contributed by atoms with van der Waals surface area (Å²) in [5.41, 5.74) is 2.20.